The van der Waals surface area contributed by atoms with Gasteiger partial charge >= 0.3 is 5.97 Å². The summed E-state index contributed by atoms with van der Waals surface area (Å²) in [6.45, 7) is 1.96. The Bertz CT molecular complexity index is 925. The third-order valence-electron chi connectivity index (χ3n) is 5.32. The summed E-state index contributed by atoms with van der Waals surface area (Å²) in [6.07, 6.45) is -0.199. The monoisotopic (exact) mass is 408 g/mol. The first kappa shape index (κ1) is 19.4. The van der Waals surface area contributed by atoms with E-state index < -0.39 is 22.9 Å². The number of fused-ring (bicyclic) bond motifs is 1. The highest BCUT2D eigenvalue weighted by Crippen LogP contribution is 2.51. The van der Waals surface area contributed by atoms with Crippen LogP contribution in [0.1, 0.15) is 30.6 Å². The predicted molar refractivity (Wildman–Crippen MR) is 110 cm³/mol. The number of nitrogens with zero attached hydrogens (tertiary/aromatic N) is 4. The third kappa shape index (κ3) is 3.57. The van der Waals surface area contributed by atoms with Crippen LogP contribution < -0.4 is 0 Å². The molecule has 2 fully saturated rings. The fourth-order valence-electron chi connectivity index (χ4n) is 3.90. The van der Waals surface area contributed by atoms with E-state index in [1.54, 1.807) is 4.90 Å². The van der Waals surface area contributed by atoms with Crippen LogP contribution in [0.15, 0.2) is 65.8 Å². The van der Waals surface area contributed by atoms with Crippen molar-refractivity contribution in [2.75, 3.05) is 6.54 Å². The predicted octanol–water partition coefficient (Wildman–Crippen LogP) is 4.06. The van der Waals surface area contributed by atoms with Crippen LogP contribution in [0.4, 0.5) is 0 Å². The Hall–Kier alpha value is -2.96. The van der Waals surface area contributed by atoms with Crippen molar-refractivity contribution in [2.45, 2.75) is 35.6 Å². The number of thioether (sulfide) groups is 1. The van der Waals surface area contributed by atoms with Gasteiger partial charge in [-0.2, -0.15) is 0 Å². The van der Waals surface area contributed by atoms with Gasteiger partial charge in [-0.1, -0.05) is 65.8 Å². The molecule has 0 aliphatic carbocycles. The molecule has 1 amide bonds. The molecule has 2 aliphatic heterocycles. The zero-order valence-electron chi connectivity index (χ0n) is 15.8. The van der Waals surface area contributed by atoms with E-state index >= 15 is 0 Å². The number of hydrogen-bond acceptors (Lipinski definition) is 5. The molecule has 2 aromatic rings. The lowest BCUT2D eigenvalue weighted by Gasteiger charge is -2.38. The first-order chi connectivity index (χ1) is 14.0. The lowest BCUT2D eigenvalue weighted by Crippen LogP contribution is -2.58. The minimum atomic E-state index is -0.792. The number of hydrogen-bond donors (Lipinski definition) is 0. The Morgan fingerprint density at radius 3 is 2.34 bits per heavy atom. The van der Waals surface area contributed by atoms with E-state index in [-0.39, 0.29) is 17.8 Å². The molecule has 2 saturated heterocycles. The molecule has 1 unspecified atom stereocenters. The van der Waals surface area contributed by atoms with E-state index in [2.05, 4.69) is 10.0 Å². The molecule has 0 spiro atoms. The zero-order chi connectivity index (χ0) is 20.4. The highest BCUT2D eigenvalue weighted by Gasteiger charge is 2.61. The lowest BCUT2D eigenvalue weighted by molar-refractivity contribution is -0.164. The Kier molecular flexibility index (Phi) is 5.22. The number of carbonyl (C=O) groups is 2. The number of ether oxygens (including phenoxy) is 1. The number of β-lactam (4-membered cyclic amide) rings is 1. The Balaban J connectivity index is 1.66. The second-order valence-corrected chi connectivity index (χ2v) is 9.03. The number of carbonyl (C=O) groups excluding carboxylic acids is 2. The van der Waals surface area contributed by atoms with Gasteiger partial charge in [0.15, 0.2) is 6.10 Å². The molecule has 8 heteroatoms. The molecule has 2 heterocycles. The molecule has 0 bridgehead atoms. The van der Waals surface area contributed by atoms with Crippen molar-refractivity contribution < 1.29 is 14.3 Å². The average Bonchev–Trinajstić information content (AvgIpc) is 2.99. The molecule has 0 N–H and O–H groups in total. The second-order valence-electron chi connectivity index (χ2n) is 7.32. The van der Waals surface area contributed by atoms with Gasteiger partial charge in [-0.3, -0.25) is 4.79 Å². The van der Waals surface area contributed by atoms with Gasteiger partial charge in [0, 0.05) is 11.5 Å². The van der Waals surface area contributed by atoms with Gasteiger partial charge in [0.05, 0.1) is 16.5 Å². The Morgan fingerprint density at radius 1 is 1.24 bits per heavy atom. The van der Waals surface area contributed by atoms with Gasteiger partial charge in [-0.15, -0.1) is 11.8 Å². The van der Waals surface area contributed by atoms with Crippen molar-refractivity contribution >= 4 is 23.6 Å². The Labute approximate surface area is 172 Å². The lowest BCUT2D eigenvalue weighted by atomic mass is 9.96. The topological polar surface area (TPSA) is 95.4 Å². The van der Waals surface area contributed by atoms with E-state index in [0.29, 0.717) is 6.42 Å². The molecular weight excluding hydrogens is 388 g/mol. The summed E-state index contributed by atoms with van der Waals surface area (Å²) in [5, 5.41) is 3.61. The molecule has 2 aromatic carbocycles. The van der Waals surface area contributed by atoms with Gasteiger partial charge in [-0.25, -0.2) is 4.79 Å². The largest absolute Gasteiger partial charge is 0.451 e. The maximum absolute atomic E-state index is 13.4. The number of amides is 1. The SMILES string of the molecule is C[C@@]1(CN=[N+]=[N-])SC2CC(=O)N2[C@H]1C(=O)OC(c1ccccc1)c1ccccc1. The first-order valence-electron chi connectivity index (χ1n) is 9.34. The van der Waals surface area contributed by atoms with Crippen LogP contribution >= 0.6 is 11.8 Å². The molecule has 2 aliphatic rings. The van der Waals surface area contributed by atoms with Gasteiger partial charge < -0.3 is 9.64 Å². The standard InChI is InChI=1S/C21H20N4O3S/c1-21(13-23-24-22)19(25-16(26)12-17(25)29-21)20(27)28-18(14-8-4-2-5-9-14)15-10-6-3-7-11-15/h2-11,17-19H,12-13H2,1H3/t17?,19-,21-/m0/s1. The van der Waals surface area contributed by atoms with E-state index in [9.17, 15) is 9.59 Å². The fourth-order valence-corrected chi connectivity index (χ4v) is 5.57. The molecule has 148 valence electrons. The van der Waals surface area contributed by atoms with Crippen molar-refractivity contribution in [3.8, 4) is 0 Å². The minimum absolute atomic E-state index is 0.0779. The van der Waals surface area contributed by atoms with E-state index in [4.69, 9.17) is 10.3 Å². The van der Waals surface area contributed by atoms with Gasteiger partial charge in [0.2, 0.25) is 5.91 Å². The maximum atomic E-state index is 13.4. The van der Waals surface area contributed by atoms with Crippen LogP contribution in [-0.4, -0.2) is 39.5 Å². The molecule has 0 aromatic heterocycles. The van der Waals surface area contributed by atoms with E-state index in [1.807, 2.05) is 67.6 Å². The molecular formula is C21H20N4O3S. The zero-order valence-corrected chi connectivity index (χ0v) is 16.7. The summed E-state index contributed by atoms with van der Waals surface area (Å²) < 4.78 is 5.28. The van der Waals surface area contributed by atoms with Crippen molar-refractivity contribution in [2.24, 2.45) is 5.11 Å². The first-order valence-corrected chi connectivity index (χ1v) is 10.2. The molecule has 4 rings (SSSR count). The van der Waals surface area contributed by atoms with Gasteiger partial charge in [0.1, 0.15) is 6.04 Å². The third-order valence-corrected chi connectivity index (χ3v) is 6.88. The summed E-state index contributed by atoms with van der Waals surface area (Å²) in [4.78, 5) is 30.0. The molecule has 0 radical (unpaired) electrons. The number of rotatable bonds is 6. The summed E-state index contributed by atoms with van der Waals surface area (Å²) in [6, 6.07) is 18.2. The van der Waals surface area contributed by atoms with Gasteiger partial charge in [0.25, 0.3) is 0 Å². The summed E-state index contributed by atoms with van der Waals surface area (Å²) in [5.74, 6) is -0.563. The molecule has 29 heavy (non-hydrogen) atoms. The summed E-state index contributed by atoms with van der Waals surface area (Å²) >= 11 is 1.50. The maximum Gasteiger partial charge on any atom is 0.331 e. The molecule has 7 nitrogen and oxygen atoms in total. The van der Waals surface area contributed by atoms with Crippen LogP contribution in [0.5, 0.6) is 0 Å². The van der Waals surface area contributed by atoms with Crippen LogP contribution in [0.3, 0.4) is 0 Å². The van der Waals surface area contributed by atoms with Crippen LogP contribution in [0.25, 0.3) is 10.4 Å². The number of benzene rings is 2. The van der Waals surface area contributed by atoms with Crippen molar-refractivity contribution in [1.29, 1.82) is 0 Å². The summed E-state index contributed by atoms with van der Waals surface area (Å²) in [5.41, 5.74) is 10.5. The van der Waals surface area contributed by atoms with E-state index in [0.717, 1.165) is 11.1 Å². The number of esters is 1. The van der Waals surface area contributed by atoms with E-state index in [1.165, 1.54) is 11.8 Å². The summed E-state index contributed by atoms with van der Waals surface area (Å²) in [7, 11) is 0. The second kappa shape index (κ2) is 7.81. The van der Waals surface area contributed by atoms with Crippen LogP contribution in [0.2, 0.25) is 0 Å². The van der Waals surface area contributed by atoms with Crippen LogP contribution in [-0.2, 0) is 14.3 Å². The van der Waals surface area contributed by atoms with Crippen molar-refractivity contribution in [3.63, 3.8) is 0 Å². The minimum Gasteiger partial charge on any atom is -0.451 e. The van der Waals surface area contributed by atoms with Crippen molar-refractivity contribution in [1.82, 2.24) is 4.90 Å². The quantitative estimate of drug-likeness (QED) is 0.237. The smallest absolute Gasteiger partial charge is 0.331 e. The average molecular weight is 408 g/mol. The van der Waals surface area contributed by atoms with Crippen molar-refractivity contribution in [3.05, 3.63) is 82.2 Å². The highest BCUT2D eigenvalue weighted by molar-refractivity contribution is 8.01. The highest BCUT2D eigenvalue weighted by atomic mass is 32.2. The van der Waals surface area contributed by atoms with Gasteiger partial charge in [-0.05, 0) is 23.6 Å². The Morgan fingerprint density at radius 2 is 1.83 bits per heavy atom. The molecule has 3 atom stereocenters. The fraction of sp³-hybridized carbons (Fsp3) is 0.333. The molecule has 0 saturated carbocycles. The normalized spacial score (nSPS) is 25.2. The number of azide groups is 1. The van der Waals surface area contributed by atoms with Crippen LogP contribution in [0, 0.1) is 0 Å².